The summed E-state index contributed by atoms with van der Waals surface area (Å²) < 4.78 is 0.800. The molecule has 0 aliphatic rings. The first-order valence-electron chi connectivity index (χ1n) is 5.15. The van der Waals surface area contributed by atoms with Crippen LogP contribution in [0.25, 0.3) is 0 Å². The van der Waals surface area contributed by atoms with Gasteiger partial charge < -0.3 is 15.7 Å². The molecular weight excluding hydrogens is 272 g/mol. The third kappa shape index (κ3) is 3.05. The molecule has 0 aliphatic carbocycles. The van der Waals surface area contributed by atoms with E-state index in [4.69, 9.17) is 5.11 Å². The van der Waals surface area contributed by atoms with E-state index >= 15 is 0 Å². The van der Waals surface area contributed by atoms with Crippen LogP contribution in [0.1, 0.15) is 13.8 Å². The first-order chi connectivity index (χ1) is 7.60. The number of anilines is 2. The lowest BCUT2D eigenvalue weighted by Gasteiger charge is -2.20. The minimum absolute atomic E-state index is 0.140. The molecule has 0 saturated heterocycles. The van der Waals surface area contributed by atoms with Crippen molar-refractivity contribution in [1.29, 1.82) is 0 Å². The van der Waals surface area contributed by atoms with Crippen molar-refractivity contribution < 1.29 is 5.11 Å². The molecule has 0 aromatic carbocycles. The Morgan fingerprint density at radius 1 is 1.38 bits per heavy atom. The van der Waals surface area contributed by atoms with Gasteiger partial charge in [-0.25, -0.2) is 9.97 Å². The van der Waals surface area contributed by atoms with Gasteiger partial charge in [0, 0.05) is 19.7 Å². The summed E-state index contributed by atoms with van der Waals surface area (Å²) in [6.45, 7) is 4.13. The average molecular weight is 289 g/mol. The highest BCUT2D eigenvalue weighted by molar-refractivity contribution is 9.10. The molecule has 6 heteroatoms. The molecule has 0 radical (unpaired) electrons. The van der Waals surface area contributed by atoms with Crippen LogP contribution in [0, 0.1) is 5.92 Å². The second kappa shape index (κ2) is 6.00. The Morgan fingerprint density at radius 3 is 2.56 bits per heavy atom. The van der Waals surface area contributed by atoms with Crippen LogP contribution < -0.4 is 10.6 Å². The van der Waals surface area contributed by atoms with Crippen LogP contribution in [0.2, 0.25) is 0 Å². The van der Waals surface area contributed by atoms with Crippen LogP contribution in [0.15, 0.2) is 10.8 Å². The molecule has 3 N–H and O–H groups in total. The number of aromatic nitrogens is 2. The van der Waals surface area contributed by atoms with Gasteiger partial charge in [0.25, 0.3) is 0 Å². The molecule has 5 nitrogen and oxygen atoms in total. The Bertz CT molecular complexity index is 348. The van der Waals surface area contributed by atoms with E-state index in [2.05, 4.69) is 36.5 Å². The maximum absolute atomic E-state index is 9.06. The second-order valence-electron chi connectivity index (χ2n) is 3.73. The molecule has 2 unspecified atom stereocenters. The third-order valence-electron chi connectivity index (χ3n) is 2.53. The van der Waals surface area contributed by atoms with Crippen LogP contribution in [0.3, 0.4) is 0 Å². The van der Waals surface area contributed by atoms with Crippen molar-refractivity contribution in [3.05, 3.63) is 10.8 Å². The molecule has 0 fully saturated rings. The predicted molar refractivity (Wildman–Crippen MR) is 68.6 cm³/mol. The van der Waals surface area contributed by atoms with Crippen molar-refractivity contribution in [3.8, 4) is 0 Å². The topological polar surface area (TPSA) is 70.1 Å². The molecule has 1 aromatic heterocycles. The zero-order valence-corrected chi connectivity index (χ0v) is 11.2. The fraction of sp³-hybridized carbons (Fsp3) is 0.600. The highest BCUT2D eigenvalue weighted by Gasteiger charge is 2.14. The summed E-state index contributed by atoms with van der Waals surface area (Å²) in [5.74, 6) is 1.63. The molecule has 0 saturated carbocycles. The van der Waals surface area contributed by atoms with Crippen molar-refractivity contribution in [1.82, 2.24) is 9.97 Å². The molecule has 16 heavy (non-hydrogen) atoms. The molecule has 2 atom stereocenters. The van der Waals surface area contributed by atoms with Gasteiger partial charge in [0.1, 0.15) is 22.4 Å². The Balaban J connectivity index is 2.81. The lowest BCUT2D eigenvalue weighted by molar-refractivity contribution is 0.226. The van der Waals surface area contributed by atoms with Gasteiger partial charge in [0.15, 0.2) is 0 Å². The Kier molecular flexibility index (Phi) is 4.95. The van der Waals surface area contributed by atoms with E-state index < -0.39 is 0 Å². The first kappa shape index (κ1) is 13.2. The quantitative estimate of drug-likeness (QED) is 0.770. The molecule has 0 spiro atoms. The highest BCUT2D eigenvalue weighted by atomic mass is 79.9. The fourth-order valence-corrected chi connectivity index (χ4v) is 1.68. The largest absolute Gasteiger partial charge is 0.396 e. The van der Waals surface area contributed by atoms with Gasteiger partial charge >= 0.3 is 0 Å². The van der Waals surface area contributed by atoms with Gasteiger partial charge in [-0.3, -0.25) is 0 Å². The van der Waals surface area contributed by atoms with Gasteiger partial charge in [-0.2, -0.15) is 0 Å². The van der Waals surface area contributed by atoms with E-state index in [1.165, 1.54) is 6.33 Å². The second-order valence-corrected chi connectivity index (χ2v) is 4.52. The minimum atomic E-state index is 0.140. The third-order valence-corrected chi connectivity index (χ3v) is 3.28. The number of nitrogens with zero attached hydrogens (tertiary/aromatic N) is 2. The number of rotatable bonds is 5. The van der Waals surface area contributed by atoms with Crippen molar-refractivity contribution in [2.75, 3.05) is 24.3 Å². The first-order valence-corrected chi connectivity index (χ1v) is 5.95. The molecule has 0 amide bonds. The van der Waals surface area contributed by atoms with Gasteiger partial charge in [0.05, 0.1) is 0 Å². The SMILES string of the molecule is CNc1ncnc(NC(C)C(C)CO)c1Br. The molecule has 1 rings (SSSR count). The van der Waals surface area contributed by atoms with Crippen LogP contribution >= 0.6 is 15.9 Å². The fourth-order valence-electron chi connectivity index (χ4n) is 1.16. The maximum Gasteiger partial charge on any atom is 0.146 e. The van der Waals surface area contributed by atoms with Gasteiger partial charge in [-0.15, -0.1) is 0 Å². The number of hydrogen-bond donors (Lipinski definition) is 3. The lowest BCUT2D eigenvalue weighted by Crippen LogP contribution is -2.27. The molecule has 0 bridgehead atoms. The Hall–Kier alpha value is -0.880. The zero-order valence-electron chi connectivity index (χ0n) is 9.66. The van der Waals surface area contributed by atoms with Crippen molar-refractivity contribution >= 4 is 27.6 Å². The predicted octanol–water partition coefficient (Wildman–Crippen LogP) is 1.71. The zero-order chi connectivity index (χ0) is 12.1. The van der Waals surface area contributed by atoms with Crippen LogP contribution in [-0.4, -0.2) is 34.8 Å². The molecule has 0 aliphatic heterocycles. The molecule has 90 valence electrons. The normalized spacial score (nSPS) is 14.3. The summed E-state index contributed by atoms with van der Waals surface area (Å²) in [4.78, 5) is 8.22. The maximum atomic E-state index is 9.06. The number of halogens is 1. The number of aliphatic hydroxyl groups excluding tert-OH is 1. The lowest BCUT2D eigenvalue weighted by atomic mass is 10.1. The van der Waals surface area contributed by atoms with Crippen molar-refractivity contribution in [2.45, 2.75) is 19.9 Å². The smallest absolute Gasteiger partial charge is 0.146 e. The summed E-state index contributed by atoms with van der Waals surface area (Å²) in [5, 5.41) is 15.3. The standard InChI is InChI=1S/C10H17BrN4O/c1-6(4-16)7(2)15-10-8(11)9(12-3)13-5-14-10/h5-7,16H,4H2,1-3H3,(H2,12,13,14,15). The summed E-state index contributed by atoms with van der Waals surface area (Å²) >= 11 is 3.43. The van der Waals surface area contributed by atoms with Crippen molar-refractivity contribution in [2.24, 2.45) is 5.92 Å². The van der Waals surface area contributed by atoms with E-state index in [1.807, 2.05) is 13.8 Å². The number of hydrogen-bond acceptors (Lipinski definition) is 5. The number of aliphatic hydroxyl groups is 1. The van der Waals surface area contributed by atoms with Gasteiger partial charge in [0.2, 0.25) is 0 Å². The summed E-state index contributed by atoms with van der Waals surface area (Å²) in [7, 11) is 1.80. The highest BCUT2D eigenvalue weighted by Crippen LogP contribution is 2.27. The summed E-state index contributed by atoms with van der Waals surface area (Å²) in [6, 6.07) is 0.140. The van der Waals surface area contributed by atoms with Crippen LogP contribution in [0.4, 0.5) is 11.6 Å². The minimum Gasteiger partial charge on any atom is -0.396 e. The van der Waals surface area contributed by atoms with Gasteiger partial charge in [-0.05, 0) is 28.8 Å². The van der Waals surface area contributed by atoms with E-state index in [1.54, 1.807) is 7.05 Å². The molecule has 1 aromatic rings. The monoisotopic (exact) mass is 288 g/mol. The van der Waals surface area contributed by atoms with Crippen LogP contribution in [0.5, 0.6) is 0 Å². The Morgan fingerprint density at radius 2 is 2.00 bits per heavy atom. The van der Waals surface area contributed by atoms with Gasteiger partial charge in [-0.1, -0.05) is 6.92 Å². The Labute approximate surface area is 104 Å². The summed E-state index contributed by atoms with van der Waals surface area (Å²) in [5.41, 5.74) is 0. The molecule has 1 heterocycles. The average Bonchev–Trinajstić information content (AvgIpc) is 2.30. The van der Waals surface area contributed by atoms with E-state index in [0.29, 0.717) is 0 Å². The van der Waals surface area contributed by atoms with E-state index in [-0.39, 0.29) is 18.6 Å². The van der Waals surface area contributed by atoms with E-state index in [9.17, 15) is 0 Å². The van der Waals surface area contributed by atoms with Crippen LogP contribution in [-0.2, 0) is 0 Å². The summed E-state index contributed by atoms with van der Waals surface area (Å²) in [6.07, 6.45) is 1.50. The number of nitrogens with one attached hydrogen (secondary N) is 2. The van der Waals surface area contributed by atoms with Crippen molar-refractivity contribution in [3.63, 3.8) is 0 Å². The van der Waals surface area contributed by atoms with E-state index in [0.717, 1.165) is 16.1 Å². The molecular formula is C10H17BrN4O.